The van der Waals surface area contributed by atoms with E-state index in [1.165, 1.54) is 22.2 Å². The summed E-state index contributed by atoms with van der Waals surface area (Å²) in [4.78, 5) is 2.42. The monoisotopic (exact) mass is 239 g/mol. The van der Waals surface area contributed by atoms with Crippen LogP contribution in [-0.2, 0) is 13.6 Å². The van der Waals surface area contributed by atoms with Crippen LogP contribution in [0.1, 0.15) is 17.2 Å². The van der Waals surface area contributed by atoms with Gasteiger partial charge in [0.15, 0.2) is 0 Å². The average Bonchev–Trinajstić information content (AvgIpc) is 2.65. The summed E-state index contributed by atoms with van der Waals surface area (Å²) in [5, 5.41) is 1.37. The molecule has 93 valence electrons. The van der Waals surface area contributed by atoms with E-state index in [-0.39, 0.29) is 0 Å². The molecule has 1 radical (unpaired) electrons. The van der Waals surface area contributed by atoms with Gasteiger partial charge in [0.25, 0.3) is 0 Å². The van der Waals surface area contributed by atoms with Crippen molar-refractivity contribution in [3.8, 4) is 0 Å². The Hall–Kier alpha value is -1.54. The Morgan fingerprint density at radius 3 is 2.94 bits per heavy atom. The Kier molecular flexibility index (Phi) is 2.75. The van der Waals surface area contributed by atoms with Crippen LogP contribution in [0.15, 0.2) is 36.9 Å². The zero-order valence-corrected chi connectivity index (χ0v) is 10.9. The van der Waals surface area contributed by atoms with E-state index < -0.39 is 0 Å². The van der Waals surface area contributed by atoms with Crippen LogP contribution in [0.4, 0.5) is 0 Å². The highest BCUT2D eigenvalue weighted by molar-refractivity contribution is 5.86. The Morgan fingerprint density at radius 1 is 1.39 bits per heavy atom. The number of aryl methyl sites for hydroxylation is 1. The van der Waals surface area contributed by atoms with E-state index >= 15 is 0 Å². The van der Waals surface area contributed by atoms with Crippen LogP contribution < -0.4 is 0 Å². The third-order valence-corrected chi connectivity index (χ3v) is 3.90. The van der Waals surface area contributed by atoms with Crippen molar-refractivity contribution in [3.05, 3.63) is 55.1 Å². The lowest BCUT2D eigenvalue weighted by molar-refractivity contribution is 0.265. The molecule has 0 saturated heterocycles. The molecular weight excluding hydrogens is 220 g/mol. The van der Waals surface area contributed by atoms with Gasteiger partial charge in [-0.25, -0.2) is 0 Å². The van der Waals surface area contributed by atoms with E-state index in [1.54, 1.807) is 0 Å². The van der Waals surface area contributed by atoms with Gasteiger partial charge in [-0.15, -0.1) is 6.58 Å². The van der Waals surface area contributed by atoms with E-state index in [4.69, 9.17) is 0 Å². The van der Waals surface area contributed by atoms with Gasteiger partial charge in [0, 0.05) is 49.2 Å². The Morgan fingerprint density at radius 2 is 2.17 bits per heavy atom. The Balaban J connectivity index is 2.17. The summed E-state index contributed by atoms with van der Waals surface area (Å²) in [7, 11) is 2.16. The molecule has 0 amide bonds. The van der Waals surface area contributed by atoms with Crippen molar-refractivity contribution in [2.24, 2.45) is 7.05 Å². The topological polar surface area (TPSA) is 8.17 Å². The number of rotatable bonds is 2. The predicted octanol–water partition coefficient (Wildman–Crippen LogP) is 3.10. The molecule has 2 heterocycles. The van der Waals surface area contributed by atoms with Crippen LogP contribution in [0.2, 0.25) is 0 Å². The van der Waals surface area contributed by atoms with Gasteiger partial charge in [-0.05, 0) is 18.6 Å². The second kappa shape index (κ2) is 4.29. The van der Waals surface area contributed by atoms with Crippen LogP contribution in [-0.4, -0.2) is 22.6 Å². The molecule has 0 aliphatic carbocycles. The molecule has 0 saturated carbocycles. The van der Waals surface area contributed by atoms with Gasteiger partial charge in [-0.1, -0.05) is 24.3 Å². The highest BCUT2D eigenvalue weighted by atomic mass is 15.1. The van der Waals surface area contributed by atoms with Gasteiger partial charge in [-0.2, -0.15) is 0 Å². The normalized spacial score (nSPS) is 20.0. The van der Waals surface area contributed by atoms with Crippen LogP contribution in [0.25, 0.3) is 10.9 Å². The number of hydrogen-bond donors (Lipinski definition) is 0. The van der Waals surface area contributed by atoms with Gasteiger partial charge >= 0.3 is 0 Å². The first-order valence-corrected chi connectivity index (χ1v) is 6.45. The fraction of sp³-hybridized carbons (Fsp3) is 0.312. The molecule has 2 nitrogen and oxygen atoms in total. The maximum absolute atomic E-state index is 4.33. The predicted molar refractivity (Wildman–Crippen MR) is 76.5 cm³/mol. The largest absolute Gasteiger partial charge is 0.347 e. The molecule has 1 aromatic carbocycles. The fourth-order valence-electron chi connectivity index (χ4n) is 3.19. The summed E-state index contributed by atoms with van der Waals surface area (Å²) >= 11 is 0. The molecule has 0 fully saturated rings. The molecule has 1 atom stereocenters. The molecule has 1 aromatic heterocycles. The Bertz CT molecular complexity index is 594. The maximum atomic E-state index is 4.33. The van der Waals surface area contributed by atoms with Gasteiger partial charge in [-0.3, -0.25) is 4.90 Å². The third-order valence-electron chi connectivity index (χ3n) is 3.90. The molecule has 2 heteroatoms. The number of para-hydroxylation sites is 1. The van der Waals surface area contributed by atoms with Gasteiger partial charge in [0.05, 0.1) is 0 Å². The minimum Gasteiger partial charge on any atom is -0.347 e. The number of nitrogens with zero attached hydrogens (tertiary/aromatic N) is 2. The molecule has 1 aliphatic heterocycles. The maximum Gasteiger partial charge on any atom is 0.0483 e. The summed E-state index contributed by atoms with van der Waals surface area (Å²) < 4.78 is 2.31. The molecule has 0 N–H and O–H groups in total. The molecule has 0 spiro atoms. The summed E-state index contributed by atoms with van der Waals surface area (Å²) in [6.45, 7) is 11.1. The van der Waals surface area contributed by atoms with Crippen molar-refractivity contribution in [1.82, 2.24) is 9.47 Å². The summed E-state index contributed by atoms with van der Waals surface area (Å²) in [5.74, 6) is 0.339. The van der Waals surface area contributed by atoms with Crippen LogP contribution >= 0.6 is 0 Å². The molecule has 1 aliphatic rings. The van der Waals surface area contributed by atoms with Gasteiger partial charge in [0.2, 0.25) is 0 Å². The first-order chi connectivity index (χ1) is 8.72. The van der Waals surface area contributed by atoms with E-state index in [1.807, 2.05) is 6.08 Å². The quantitative estimate of drug-likeness (QED) is 0.731. The first kappa shape index (κ1) is 11.5. The van der Waals surface area contributed by atoms with Gasteiger partial charge < -0.3 is 4.57 Å². The zero-order chi connectivity index (χ0) is 12.7. The van der Waals surface area contributed by atoms with Crippen molar-refractivity contribution in [3.63, 3.8) is 0 Å². The van der Waals surface area contributed by atoms with Gasteiger partial charge in [0.1, 0.15) is 0 Å². The molecule has 0 unspecified atom stereocenters. The Labute approximate surface area is 109 Å². The number of fused-ring (bicyclic) bond motifs is 3. The summed E-state index contributed by atoms with van der Waals surface area (Å²) in [5.41, 5.74) is 4.16. The highest BCUT2D eigenvalue weighted by Gasteiger charge is 2.26. The molecular formula is C16H19N2. The van der Waals surface area contributed by atoms with Crippen molar-refractivity contribution in [2.45, 2.75) is 12.5 Å². The number of benzene rings is 1. The average molecular weight is 239 g/mol. The first-order valence-electron chi connectivity index (χ1n) is 6.45. The van der Waals surface area contributed by atoms with Crippen LogP contribution in [0.5, 0.6) is 0 Å². The minimum atomic E-state index is 0.339. The lowest BCUT2D eigenvalue weighted by Crippen LogP contribution is -2.33. The van der Waals surface area contributed by atoms with E-state index in [9.17, 15) is 0 Å². The highest BCUT2D eigenvalue weighted by Crippen LogP contribution is 2.35. The van der Waals surface area contributed by atoms with E-state index in [0.717, 1.165) is 19.6 Å². The molecule has 18 heavy (non-hydrogen) atoms. The van der Waals surface area contributed by atoms with Crippen LogP contribution in [0, 0.1) is 6.92 Å². The second-order valence-corrected chi connectivity index (χ2v) is 5.12. The summed E-state index contributed by atoms with van der Waals surface area (Å²) in [6.07, 6.45) is 1.98. The molecule has 2 aromatic rings. The minimum absolute atomic E-state index is 0.339. The second-order valence-electron chi connectivity index (χ2n) is 5.12. The standard InChI is InChI=1S/C16H19N2/c1-4-9-18-10-12(2)16-14(11-18)13-7-5-6-8-15(13)17(16)3/h4-8,12H,1-2,9-11H2,3H3/t12-/m0/s1. The van der Waals surface area contributed by atoms with Crippen molar-refractivity contribution < 1.29 is 0 Å². The van der Waals surface area contributed by atoms with Crippen LogP contribution in [0.3, 0.4) is 0 Å². The fourth-order valence-corrected chi connectivity index (χ4v) is 3.19. The zero-order valence-electron chi connectivity index (χ0n) is 10.9. The molecule has 3 rings (SSSR count). The van der Waals surface area contributed by atoms with E-state index in [0.29, 0.717) is 5.92 Å². The lowest BCUT2D eigenvalue weighted by atomic mass is 9.96. The smallest absolute Gasteiger partial charge is 0.0483 e. The lowest BCUT2D eigenvalue weighted by Gasteiger charge is -2.31. The van der Waals surface area contributed by atoms with Crippen molar-refractivity contribution in [1.29, 1.82) is 0 Å². The van der Waals surface area contributed by atoms with Crippen molar-refractivity contribution >= 4 is 10.9 Å². The SMILES string of the molecule is [CH2][C@H]1CN(CC=C)Cc2c1n(C)c1ccccc21. The van der Waals surface area contributed by atoms with Crippen molar-refractivity contribution in [2.75, 3.05) is 13.1 Å². The summed E-state index contributed by atoms with van der Waals surface area (Å²) in [6, 6.07) is 8.64. The third kappa shape index (κ3) is 1.60. The molecule has 0 bridgehead atoms. The van der Waals surface area contributed by atoms with E-state index in [2.05, 4.69) is 54.3 Å². The number of aromatic nitrogens is 1. The number of hydrogen-bond acceptors (Lipinski definition) is 1.